The van der Waals surface area contributed by atoms with Crippen molar-refractivity contribution in [2.24, 2.45) is 5.10 Å². The van der Waals surface area contributed by atoms with Gasteiger partial charge in [-0.25, -0.2) is 5.43 Å². The highest BCUT2D eigenvalue weighted by molar-refractivity contribution is 6.35. The Labute approximate surface area is 147 Å². The summed E-state index contributed by atoms with van der Waals surface area (Å²) in [5.41, 5.74) is 3.41. The fourth-order valence-electron chi connectivity index (χ4n) is 1.95. The third-order valence-electron chi connectivity index (χ3n) is 3.42. The second kappa shape index (κ2) is 10.1. The Balaban J connectivity index is 2.84. The van der Waals surface area contributed by atoms with Gasteiger partial charge in [-0.05, 0) is 44.4 Å². The number of carbonyl (C=O) groups excluding carboxylic acids is 2. The van der Waals surface area contributed by atoms with Crippen LogP contribution in [-0.4, -0.2) is 35.8 Å². The van der Waals surface area contributed by atoms with Crippen LogP contribution in [0.5, 0.6) is 11.5 Å². The minimum absolute atomic E-state index is 0.0517. The molecule has 1 atom stereocenters. The molecule has 0 spiro atoms. The summed E-state index contributed by atoms with van der Waals surface area (Å²) in [5, 5.41) is 16.5. The van der Waals surface area contributed by atoms with E-state index in [2.05, 4.69) is 22.4 Å². The second-order valence-electron chi connectivity index (χ2n) is 5.43. The number of nitrogens with zero attached hydrogens (tertiary/aromatic N) is 1. The molecule has 7 heteroatoms. The Morgan fingerprint density at radius 3 is 2.68 bits per heavy atom. The van der Waals surface area contributed by atoms with E-state index in [0.717, 1.165) is 6.42 Å². The molecule has 7 nitrogen and oxygen atoms in total. The largest absolute Gasteiger partial charge is 0.504 e. The van der Waals surface area contributed by atoms with Crippen LogP contribution < -0.4 is 15.5 Å². The van der Waals surface area contributed by atoms with E-state index in [0.29, 0.717) is 29.9 Å². The summed E-state index contributed by atoms with van der Waals surface area (Å²) in [6.07, 6.45) is 4.22. The van der Waals surface area contributed by atoms with Gasteiger partial charge in [0.1, 0.15) is 0 Å². The Bertz CT molecular complexity index is 656. The fraction of sp³-hybridized carbons (Fsp3) is 0.389. The van der Waals surface area contributed by atoms with E-state index >= 15 is 0 Å². The molecule has 0 saturated carbocycles. The van der Waals surface area contributed by atoms with E-state index in [1.165, 1.54) is 6.21 Å². The zero-order chi connectivity index (χ0) is 18.8. The number of nitrogens with one attached hydrogen (secondary N) is 2. The van der Waals surface area contributed by atoms with Crippen LogP contribution in [0.25, 0.3) is 0 Å². The molecule has 0 aliphatic rings. The quantitative estimate of drug-likeness (QED) is 0.289. The first kappa shape index (κ1) is 20.2. The predicted molar refractivity (Wildman–Crippen MR) is 96.8 cm³/mol. The molecule has 0 aromatic heterocycles. The first-order chi connectivity index (χ1) is 11.9. The molecule has 0 aliphatic carbocycles. The molecule has 0 unspecified atom stereocenters. The van der Waals surface area contributed by atoms with E-state index in [9.17, 15) is 14.7 Å². The van der Waals surface area contributed by atoms with Crippen LogP contribution in [0.2, 0.25) is 0 Å². The lowest BCUT2D eigenvalue weighted by Crippen LogP contribution is -2.41. The number of hydrazone groups is 1. The number of ether oxygens (including phenoxy) is 1. The third kappa shape index (κ3) is 6.29. The maximum atomic E-state index is 11.7. The van der Waals surface area contributed by atoms with Gasteiger partial charge in [0.2, 0.25) is 0 Å². The monoisotopic (exact) mass is 347 g/mol. The number of allylic oxidation sites excluding steroid dienone is 1. The molecule has 1 aromatic carbocycles. The summed E-state index contributed by atoms with van der Waals surface area (Å²) in [5.74, 6) is -1.20. The summed E-state index contributed by atoms with van der Waals surface area (Å²) >= 11 is 0. The van der Waals surface area contributed by atoms with Gasteiger partial charge in [-0.3, -0.25) is 9.59 Å². The summed E-state index contributed by atoms with van der Waals surface area (Å²) < 4.78 is 5.39. The summed E-state index contributed by atoms with van der Waals surface area (Å²) in [4.78, 5) is 23.3. The Morgan fingerprint density at radius 1 is 1.36 bits per heavy atom. The number of benzene rings is 1. The summed E-state index contributed by atoms with van der Waals surface area (Å²) in [6.45, 7) is 9.57. The number of phenolic OH excluding ortho intramolecular Hbond substituents is 1. The molecule has 3 N–H and O–H groups in total. The van der Waals surface area contributed by atoms with Crippen LogP contribution in [0.3, 0.4) is 0 Å². The standard InChI is InChI=1S/C18H25N3O4/c1-5-8-14-9-13(10-15(16(14)22)25-7-3)11-19-21-18(24)17(23)20-12(4)6-2/h5,9-12,22H,1,6-8H2,2-4H3,(H,20,23)(H,21,24)/b19-11+/t12-/m0/s1. The lowest BCUT2D eigenvalue weighted by molar-refractivity contribution is -0.139. The molecular weight excluding hydrogens is 322 g/mol. The molecule has 0 saturated heterocycles. The van der Waals surface area contributed by atoms with Crippen LogP contribution in [0, 0.1) is 0 Å². The van der Waals surface area contributed by atoms with Crippen LogP contribution in [0.1, 0.15) is 38.3 Å². The minimum Gasteiger partial charge on any atom is -0.504 e. The van der Waals surface area contributed by atoms with Crippen molar-refractivity contribution in [3.63, 3.8) is 0 Å². The first-order valence-electron chi connectivity index (χ1n) is 8.16. The lowest BCUT2D eigenvalue weighted by Gasteiger charge is -2.11. The number of rotatable bonds is 8. The van der Waals surface area contributed by atoms with Crippen LogP contribution >= 0.6 is 0 Å². The maximum Gasteiger partial charge on any atom is 0.329 e. The number of hydrogen-bond acceptors (Lipinski definition) is 5. The van der Waals surface area contributed by atoms with Crippen molar-refractivity contribution in [3.05, 3.63) is 35.9 Å². The zero-order valence-electron chi connectivity index (χ0n) is 14.8. The van der Waals surface area contributed by atoms with Crippen molar-refractivity contribution in [3.8, 4) is 11.5 Å². The van der Waals surface area contributed by atoms with Crippen molar-refractivity contribution in [1.82, 2.24) is 10.7 Å². The molecule has 136 valence electrons. The van der Waals surface area contributed by atoms with Crippen LogP contribution in [0.4, 0.5) is 0 Å². The topological polar surface area (TPSA) is 100 Å². The number of amides is 2. The van der Waals surface area contributed by atoms with Gasteiger partial charge in [0.05, 0.1) is 12.8 Å². The molecule has 0 bridgehead atoms. The molecule has 1 aromatic rings. The summed E-state index contributed by atoms with van der Waals surface area (Å²) in [7, 11) is 0. The highest BCUT2D eigenvalue weighted by Gasteiger charge is 2.14. The lowest BCUT2D eigenvalue weighted by atomic mass is 10.1. The van der Waals surface area contributed by atoms with E-state index in [4.69, 9.17) is 4.74 Å². The number of hydrogen-bond donors (Lipinski definition) is 3. The van der Waals surface area contributed by atoms with Gasteiger partial charge in [0.25, 0.3) is 0 Å². The Hall–Kier alpha value is -2.83. The van der Waals surface area contributed by atoms with Gasteiger partial charge in [-0.1, -0.05) is 13.0 Å². The van der Waals surface area contributed by atoms with Gasteiger partial charge < -0.3 is 15.2 Å². The maximum absolute atomic E-state index is 11.7. The van der Waals surface area contributed by atoms with Crippen LogP contribution in [0.15, 0.2) is 29.9 Å². The van der Waals surface area contributed by atoms with Gasteiger partial charge >= 0.3 is 11.8 Å². The molecule has 0 heterocycles. The number of phenols is 1. The number of carbonyl (C=O) groups is 2. The van der Waals surface area contributed by atoms with Gasteiger partial charge in [-0.15, -0.1) is 6.58 Å². The molecule has 0 aliphatic heterocycles. The van der Waals surface area contributed by atoms with Crippen molar-refractivity contribution in [2.45, 2.75) is 39.7 Å². The Kier molecular flexibility index (Phi) is 8.18. The van der Waals surface area contributed by atoms with E-state index < -0.39 is 11.8 Å². The van der Waals surface area contributed by atoms with Crippen molar-refractivity contribution in [1.29, 1.82) is 0 Å². The average Bonchev–Trinajstić information content (AvgIpc) is 2.58. The van der Waals surface area contributed by atoms with Gasteiger partial charge in [-0.2, -0.15) is 5.10 Å². The molecule has 0 fully saturated rings. The van der Waals surface area contributed by atoms with E-state index in [1.807, 2.05) is 13.8 Å². The summed E-state index contributed by atoms with van der Waals surface area (Å²) in [6, 6.07) is 3.21. The highest BCUT2D eigenvalue weighted by Crippen LogP contribution is 2.31. The van der Waals surface area contributed by atoms with Crippen molar-refractivity contribution in [2.75, 3.05) is 6.61 Å². The fourth-order valence-corrected chi connectivity index (χ4v) is 1.95. The normalized spacial score (nSPS) is 11.8. The van der Waals surface area contributed by atoms with Crippen LogP contribution in [-0.2, 0) is 16.0 Å². The smallest absolute Gasteiger partial charge is 0.329 e. The zero-order valence-corrected chi connectivity index (χ0v) is 14.8. The third-order valence-corrected chi connectivity index (χ3v) is 3.42. The number of aromatic hydroxyl groups is 1. The predicted octanol–water partition coefficient (Wildman–Crippen LogP) is 1.88. The first-order valence-corrected chi connectivity index (χ1v) is 8.16. The highest BCUT2D eigenvalue weighted by atomic mass is 16.5. The SMILES string of the molecule is C=CCc1cc(/C=N/NC(=O)C(=O)N[C@@H](C)CC)cc(OCC)c1O. The molecule has 2 amide bonds. The van der Waals surface area contributed by atoms with E-state index in [1.54, 1.807) is 25.1 Å². The molecular formula is C18H25N3O4. The average molecular weight is 347 g/mol. The molecule has 0 radical (unpaired) electrons. The van der Waals surface area contributed by atoms with Gasteiger partial charge in [0.15, 0.2) is 11.5 Å². The van der Waals surface area contributed by atoms with Crippen molar-refractivity contribution >= 4 is 18.0 Å². The molecule has 1 rings (SSSR count). The minimum atomic E-state index is -0.841. The van der Waals surface area contributed by atoms with Crippen molar-refractivity contribution < 1.29 is 19.4 Å². The Morgan fingerprint density at radius 2 is 2.08 bits per heavy atom. The second-order valence-corrected chi connectivity index (χ2v) is 5.43. The molecule has 25 heavy (non-hydrogen) atoms. The van der Waals surface area contributed by atoms with E-state index in [-0.39, 0.29) is 11.8 Å². The van der Waals surface area contributed by atoms with Gasteiger partial charge in [0, 0.05) is 11.6 Å².